The van der Waals surface area contributed by atoms with E-state index < -0.39 is 0 Å². The predicted octanol–water partition coefficient (Wildman–Crippen LogP) is 2.09. The number of aryl methyl sites for hydroxylation is 2. The second kappa shape index (κ2) is 6.19. The molecule has 0 saturated carbocycles. The van der Waals surface area contributed by atoms with Gasteiger partial charge in [-0.05, 0) is 25.3 Å². The molecule has 2 N–H and O–H groups in total. The molecule has 8 nitrogen and oxygen atoms in total. The number of nitrogens with zero attached hydrogens (tertiary/aromatic N) is 4. The summed E-state index contributed by atoms with van der Waals surface area (Å²) in [6.45, 7) is 2.87. The maximum atomic E-state index is 13.4. The van der Waals surface area contributed by atoms with Gasteiger partial charge in [-0.2, -0.15) is 5.10 Å². The van der Waals surface area contributed by atoms with Crippen LogP contribution in [0.1, 0.15) is 67.8 Å². The van der Waals surface area contributed by atoms with Gasteiger partial charge in [0.25, 0.3) is 5.91 Å². The van der Waals surface area contributed by atoms with Crippen molar-refractivity contribution in [3.63, 3.8) is 0 Å². The molecule has 3 aromatic heterocycles. The average molecular weight is 378 g/mol. The van der Waals surface area contributed by atoms with Gasteiger partial charge < -0.3 is 14.9 Å². The van der Waals surface area contributed by atoms with E-state index >= 15 is 0 Å². The lowest BCUT2D eigenvalue weighted by Crippen LogP contribution is -2.39. The molecule has 1 atom stereocenters. The van der Waals surface area contributed by atoms with E-state index in [1.807, 2.05) is 31.3 Å². The second-order valence-electron chi connectivity index (χ2n) is 7.71. The van der Waals surface area contributed by atoms with Crippen molar-refractivity contribution in [2.24, 2.45) is 7.05 Å². The zero-order valence-electron chi connectivity index (χ0n) is 16.0. The number of Topliss-reactive ketones (excluding diaryl/α,β-unsaturated/α-hetero) is 1. The normalized spacial score (nSPS) is 18.9. The molecule has 0 bridgehead atoms. The van der Waals surface area contributed by atoms with Crippen molar-refractivity contribution in [1.29, 1.82) is 0 Å². The van der Waals surface area contributed by atoms with Crippen molar-refractivity contribution in [2.75, 3.05) is 6.54 Å². The summed E-state index contributed by atoms with van der Waals surface area (Å²) >= 11 is 0. The molecule has 28 heavy (non-hydrogen) atoms. The maximum Gasteiger partial charge on any atom is 0.270 e. The molecule has 144 valence electrons. The molecule has 1 aliphatic heterocycles. The highest BCUT2D eigenvalue weighted by Crippen LogP contribution is 2.33. The quantitative estimate of drug-likeness (QED) is 0.713. The summed E-state index contributed by atoms with van der Waals surface area (Å²) in [6.07, 6.45) is 7.69. The van der Waals surface area contributed by atoms with Crippen LogP contribution in [0.4, 0.5) is 0 Å². The van der Waals surface area contributed by atoms with E-state index in [1.54, 1.807) is 11.0 Å². The van der Waals surface area contributed by atoms with E-state index in [2.05, 4.69) is 20.1 Å². The molecule has 3 aromatic rings. The summed E-state index contributed by atoms with van der Waals surface area (Å²) in [7, 11) is 1.88. The van der Waals surface area contributed by atoms with Gasteiger partial charge in [-0.25, -0.2) is 4.98 Å². The van der Waals surface area contributed by atoms with Crippen molar-refractivity contribution < 1.29 is 9.59 Å². The van der Waals surface area contributed by atoms with Crippen LogP contribution in [0.3, 0.4) is 0 Å². The van der Waals surface area contributed by atoms with Crippen LogP contribution < -0.4 is 0 Å². The second-order valence-corrected chi connectivity index (χ2v) is 7.71. The van der Waals surface area contributed by atoms with Gasteiger partial charge in [-0.15, -0.1) is 0 Å². The Morgan fingerprint density at radius 2 is 2.14 bits per heavy atom. The Kier molecular flexibility index (Phi) is 3.75. The van der Waals surface area contributed by atoms with Gasteiger partial charge in [0.15, 0.2) is 5.78 Å². The largest absolute Gasteiger partial charge is 0.354 e. The summed E-state index contributed by atoms with van der Waals surface area (Å²) in [5.74, 6) is 0.0322. The minimum Gasteiger partial charge on any atom is -0.354 e. The minimum atomic E-state index is -0.0751. The monoisotopic (exact) mass is 378 g/mol. The summed E-state index contributed by atoms with van der Waals surface area (Å²) in [6, 6.07) is 0. The summed E-state index contributed by atoms with van der Waals surface area (Å²) in [4.78, 5) is 38.4. The smallest absolute Gasteiger partial charge is 0.270 e. The maximum absolute atomic E-state index is 13.4. The number of carbonyl (C=O) groups is 2. The molecule has 0 saturated heterocycles. The van der Waals surface area contributed by atoms with Crippen LogP contribution in [0.25, 0.3) is 0 Å². The van der Waals surface area contributed by atoms with Crippen LogP contribution in [0.15, 0.2) is 18.7 Å². The number of aromatic nitrogens is 5. The fraction of sp³-hybridized carbons (Fsp3) is 0.400. The van der Waals surface area contributed by atoms with Gasteiger partial charge in [0.1, 0.15) is 5.69 Å². The summed E-state index contributed by atoms with van der Waals surface area (Å²) < 4.78 is 1.76. The summed E-state index contributed by atoms with van der Waals surface area (Å²) in [5, 5.41) is 4.28. The highest BCUT2D eigenvalue weighted by molar-refractivity contribution is 6.04. The topological polar surface area (TPSA) is 99.7 Å². The Morgan fingerprint density at radius 3 is 2.89 bits per heavy atom. The van der Waals surface area contributed by atoms with Crippen molar-refractivity contribution in [1.82, 2.24) is 29.6 Å². The molecule has 0 spiro atoms. The van der Waals surface area contributed by atoms with E-state index in [4.69, 9.17) is 0 Å². The lowest BCUT2D eigenvalue weighted by Gasteiger charge is -2.31. The van der Waals surface area contributed by atoms with Crippen molar-refractivity contribution in [3.05, 3.63) is 58.2 Å². The third-order valence-electron chi connectivity index (χ3n) is 5.90. The van der Waals surface area contributed by atoms with E-state index in [0.717, 1.165) is 46.6 Å². The van der Waals surface area contributed by atoms with Crippen LogP contribution in [0, 0.1) is 6.92 Å². The summed E-state index contributed by atoms with van der Waals surface area (Å²) in [5.41, 5.74) is 5.88. The number of H-pyrrole nitrogens is 2. The first-order chi connectivity index (χ1) is 13.5. The van der Waals surface area contributed by atoms with E-state index in [0.29, 0.717) is 25.2 Å². The third-order valence-corrected chi connectivity index (χ3v) is 5.90. The molecule has 0 radical (unpaired) electrons. The molecule has 4 heterocycles. The number of carbonyl (C=O) groups excluding carboxylic acids is 2. The number of amides is 1. The molecular weight excluding hydrogens is 356 g/mol. The number of fused-ring (bicyclic) bond motifs is 2. The Bertz CT molecular complexity index is 1090. The van der Waals surface area contributed by atoms with Crippen LogP contribution in [0.5, 0.6) is 0 Å². The van der Waals surface area contributed by atoms with Crippen LogP contribution >= 0.6 is 0 Å². The first kappa shape index (κ1) is 17.0. The van der Waals surface area contributed by atoms with Crippen LogP contribution in [-0.4, -0.2) is 47.9 Å². The predicted molar refractivity (Wildman–Crippen MR) is 101 cm³/mol. The van der Waals surface area contributed by atoms with Gasteiger partial charge in [0.2, 0.25) is 0 Å². The number of ketones is 1. The molecule has 1 amide bonds. The van der Waals surface area contributed by atoms with Gasteiger partial charge >= 0.3 is 0 Å². The van der Waals surface area contributed by atoms with Crippen molar-refractivity contribution in [2.45, 2.75) is 38.6 Å². The van der Waals surface area contributed by atoms with E-state index in [9.17, 15) is 9.59 Å². The molecule has 5 rings (SSSR count). The minimum absolute atomic E-state index is 0.0285. The number of aromatic amines is 2. The first-order valence-electron chi connectivity index (χ1n) is 9.57. The standard InChI is InChI=1S/C20H22N6O2/c1-11-17-14(4-3-5-16(17)27)24-18(11)20(28)26-8-13(12-6-23-25(2)7-12)19-15(9-26)21-10-22-19/h6-7,10,13,24H,3-5,8-9H2,1-2H3,(H,21,22). The van der Waals surface area contributed by atoms with Crippen LogP contribution in [0.2, 0.25) is 0 Å². The van der Waals surface area contributed by atoms with E-state index in [-0.39, 0.29) is 17.6 Å². The van der Waals surface area contributed by atoms with Crippen LogP contribution in [-0.2, 0) is 20.0 Å². The zero-order chi connectivity index (χ0) is 19.4. The number of rotatable bonds is 2. The SMILES string of the molecule is Cc1c(C(=O)N2Cc3[nH]cnc3C(c3cnn(C)c3)C2)[nH]c2c1C(=O)CCC2. The lowest BCUT2D eigenvalue weighted by molar-refractivity contribution is 0.0715. The highest BCUT2D eigenvalue weighted by Gasteiger charge is 2.35. The molecule has 2 aliphatic rings. The number of hydrogen-bond donors (Lipinski definition) is 2. The fourth-order valence-electron chi connectivity index (χ4n) is 4.50. The Balaban J connectivity index is 1.50. The lowest BCUT2D eigenvalue weighted by atomic mass is 9.92. The van der Waals surface area contributed by atoms with Crippen molar-refractivity contribution >= 4 is 11.7 Å². The highest BCUT2D eigenvalue weighted by atomic mass is 16.2. The number of hydrogen-bond acceptors (Lipinski definition) is 4. The molecule has 8 heteroatoms. The van der Waals surface area contributed by atoms with Gasteiger partial charge in [0.05, 0.1) is 30.5 Å². The third kappa shape index (κ3) is 2.51. The fourth-order valence-corrected chi connectivity index (χ4v) is 4.50. The molecule has 1 unspecified atom stereocenters. The Morgan fingerprint density at radius 1 is 1.29 bits per heavy atom. The Labute approximate surface area is 162 Å². The molecule has 1 aliphatic carbocycles. The van der Waals surface area contributed by atoms with Gasteiger partial charge in [0, 0.05) is 48.9 Å². The zero-order valence-corrected chi connectivity index (χ0v) is 16.0. The van der Waals surface area contributed by atoms with Gasteiger partial charge in [-0.1, -0.05) is 0 Å². The molecule has 0 fully saturated rings. The van der Waals surface area contributed by atoms with E-state index in [1.165, 1.54) is 0 Å². The molecular formula is C20H22N6O2. The Hall–Kier alpha value is -3.16. The molecule has 0 aromatic carbocycles. The first-order valence-corrected chi connectivity index (χ1v) is 9.57. The number of nitrogens with one attached hydrogen (secondary N) is 2. The average Bonchev–Trinajstić information content (AvgIpc) is 3.39. The van der Waals surface area contributed by atoms with Gasteiger partial charge in [-0.3, -0.25) is 14.3 Å². The van der Waals surface area contributed by atoms with Crippen molar-refractivity contribution in [3.8, 4) is 0 Å². The number of imidazole rings is 1.